The summed E-state index contributed by atoms with van der Waals surface area (Å²) < 4.78 is 1.88. The minimum absolute atomic E-state index is 0.417. The van der Waals surface area contributed by atoms with Gasteiger partial charge in [0.2, 0.25) is 0 Å². The first-order valence-corrected chi connectivity index (χ1v) is 6.19. The molecule has 18 heavy (non-hydrogen) atoms. The van der Waals surface area contributed by atoms with Crippen molar-refractivity contribution in [2.75, 3.05) is 11.9 Å². The van der Waals surface area contributed by atoms with E-state index in [1.807, 2.05) is 42.1 Å². The van der Waals surface area contributed by atoms with Crippen LogP contribution < -0.4 is 11.1 Å². The standard InChI is InChI=1S/C13H16N4S/c1-10-3-4-12(11(9-10)13(14)18)15-6-8-17-7-2-5-16-17/h2-5,7,9,15H,6,8H2,1H3,(H2,14,18). The number of nitrogens with zero attached hydrogens (tertiary/aromatic N) is 2. The second-order valence-corrected chi connectivity index (χ2v) is 4.55. The molecule has 0 unspecified atom stereocenters. The van der Waals surface area contributed by atoms with Gasteiger partial charge in [-0.25, -0.2) is 0 Å². The van der Waals surface area contributed by atoms with Crippen LogP contribution in [-0.2, 0) is 6.54 Å². The molecule has 1 aromatic heterocycles. The summed E-state index contributed by atoms with van der Waals surface area (Å²) in [5.74, 6) is 0. The molecule has 0 radical (unpaired) electrons. The molecular formula is C13H16N4S. The Kier molecular flexibility index (Phi) is 3.94. The molecule has 0 bridgehead atoms. The van der Waals surface area contributed by atoms with Gasteiger partial charge >= 0.3 is 0 Å². The van der Waals surface area contributed by atoms with E-state index in [2.05, 4.69) is 10.4 Å². The zero-order chi connectivity index (χ0) is 13.0. The van der Waals surface area contributed by atoms with Gasteiger partial charge in [-0.1, -0.05) is 23.8 Å². The van der Waals surface area contributed by atoms with Crippen LogP contribution in [-0.4, -0.2) is 21.3 Å². The van der Waals surface area contributed by atoms with Gasteiger partial charge in [0.25, 0.3) is 0 Å². The number of nitrogens with one attached hydrogen (secondary N) is 1. The number of nitrogens with two attached hydrogens (primary N) is 1. The normalized spacial score (nSPS) is 10.3. The number of anilines is 1. The van der Waals surface area contributed by atoms with Crippen LogP contribution in [0.5, 0.6) is 0 Å². The smallest absolute Gasteiger partial charge is 0.106 e. The molecule has 1 heterocycles. The topological polar surface area (TPSA) is 55.9 Å². The molecule has 0 fully saturated rings. The minimum Gasteiger partial charge on any atom is -0.389 e. The van der Waals surface area contributed by atoms with Crippen molar-refractivity contribution >= 4 is 22.9 Å². The fourth-order valence-electron chi connectivity index (χ4n) is 1.75. The third-order valence-corrected chi connectivity index (χ3v) is 2.88. The highest BCUT2D eigenvalue weighted by atomic mass is 32.1. The Bertz CT molecular complexity index is 534. The quantitative estimate of drug-likeness (QED) is 0.807. The van der Waals surface area contributed by atoms with E-state index in [9.17, 15) is 0 Å². The van der Waals surface area contributed by atoms with Crippen molar-refractivity contribution in [1.29, 1.82) is 0 Å². The minimum atomic E-state index is 0.417. The lowest BCUT2D eigenvalue weighted by atomic mass is 10.1. The summed E-state index contributed by atoms with van der Waals surface area (Å²) >= 11 is 5.06. The van der Waals surface area contributed by atoms with E-state index >= 15 is 0 Å². The highest BCUT2D eigenvalue weighted by Gasteiger charge is 2.04. The van der Waals surface area contributed by atoms with E-state index in [1.165, 1.54) is 0 Å². The van der Waals surface area contributed by atoms with Gasteiger partial charge in [-0.3, -0.25) is 4.68 Å². The summed E-state index contributed by atoms with van der Waals surface area (Å²) in [5, 5.41) is 7.48. The predicted octanol–water partition coefficient (Wildman–Crippen LogP) is 1.94. The summed E-state index contributed by atoms with van der Waals surface area (Å²) in [7, 11) is 0. The van der Waals surface area contributed by atoms with E-state index < -0.39 is 0 Å². The highest BCUT2D eigenvalue weighted by molar-refractivity contribution is 7.80. The molecule has 2 aromatic rings. The molecule has 0 aliphatic heterocycles. The van der Waals surface area contributed by atoms with E-state index in [1.54, 1.807) is 6.20 Å². The van der Waals surface area contributed by atoms with Crippen molar-refractivity contribution in [3.63, 3.8) is 0 Å². The Hall–Kier alpha value is -1.88. The molecule has 0 aliphatic carbocycles. The predicted molar refractivity (Wildman–Crippen MR) is 77.8 cm³/mol. The number of benzene rings is 1. The van der Waals surface area contributed by atoms with Crippen LogP contribution in [0.2, 0.25) is 0 Å². The van der Waals surface area contributed by atoms with E-state index in [0.717, 1.165) is 29.9 Å². The lowest BCUT2D eigenvalue weighted by Gasteiger charge is -2.12. The molecule has 5 heteroatoms. The number of aryl methyl sites for hydroxylation is 1. The molecule has 0 saturated heterocycles. The molecule has 4 nitrogen and oxygen atoms in total. The first-order valence-electron chi connectivity index (χ1n) is 5.78. The van der Waals surface area contributed by atoms with E-state index in [-0.39, 0.29) is 0 Å². The average molecular weight is 260 g/mol. The van der Waals surface area contributed by atoms with E-state index in [4.69, 9.17) is 18.0 Å². The lowest BCUT2D eigenvalue weighted by molar-refractivity contribution is 0.638. The van der Waals surface area contributed by atoms with Crippen LogP contribution in [0, 0.1) is 6.92 Å². The van der Waals surface area contributed by atoms with Gasteiger partial charge in [-0.05, 0) is 25.1 Å². The number of thiocarbonyl (C=S) groups is 1. The fraction of sp³-hybridized carbons (Fsp3) is 0.231. The van der Waals surface area contributed by atoms with Crippen LogP contribution in [0.1, 0.15) is 11.1 Å². The summed E-state index contributed by atoms with van der Waals surface area (Å²) in [6.07, 6.45) is 3.71. The molecule has 3 N–H and O–H groups in total. The Labute approximate surface area is 112 Å². The molecule has 0 spiro atoms. The largest absolute Gasteiger partial charge is 0.389 e. The molecule has 0 saturated carbocycles. The van der Waals surface area contributed by atoms with Gasteiger partial charge in [-0.2, -0.15) is 5.10 Å². The van der Waals surface area contributed by atoms with Crippen molar-refractivity contribution in [1.82, 2.24) is 9.78 Å². The molecule has 0 aliphatic rings. The van der Waals surface area contributed by atoms with Gasteiger partial charge in [0.15, 0.2) is 0 Å². The summed E-state index contributed by atoms with van der Waals surface area (Å²) in [6.45, 7) is 3.60. The maximum absolute atomic E-state index is 5.72. The Morgan fingerprint density at radius 1 is 1.50 bits per heavy atom. The molecule has 94 valence electrons. The first kappa shape index (κ1) is 12.6. The van der Waals surface area contributed by atoms with Crippen molar-refractivity contribution in [2.45, 2.75) is 13.5 Å². The number of hydrogen-bond acceptors (Lipinski definition) is 3. The zero-order valence-corrected chi connectivity index (χ0v) is 11.1. The van der Waals surface area contributed by atoms with Gasteiger partial charge in [0, 0.05) is 30.2 Å². The maximum Gasteiger partial charge on any atom is 0.106 e. The van der Waals surface area contributed by atoms with Crippen molar-refractivity contribution in [3.05, 3.63) is 47.8 Å². The second kappa shape index (κ2) is 5.64. The van der Waals surface area contributed by atoms with Crippen molar-refractivity contribution in [3.8, 4) is 0 Å². The van der Waals surface area contributed by atoms with Crippen LogP contribution in [0.3, 0.4) is 0 Å². The molecule has 2 rings (SSSR count). The van der Waals surface area contributed by atoms with Crippen LogP contribution in [0.25, 0.3) is 0 Å². The van der Waals surface area contributed by atoms with Crippen LogP contribution in [0.4, 0.5) is 5.69 Å². The molecule has 0 atom stereocenters. The number of aromatic nitrogens is 2. The Balaban J connectivity index is 2.02. The molecular weight excluding hydrogens is 244 g/mol. The summed E-state index contributed by atoms with van der Waals surface area (Å²) in [4.78, 5) is 0.417. The SMILES string of the molecule is Cc1ccc(NCCn2cccn2)c(C(N)=S)c1. The van der Waals surface area contributed by atoms with Crippen LogP contribution >= 0.6 is 12.2 Å². The third-order valence-electron chi connectivity index (χ3n) is 2.66. The summed E-state index contributed by atoms with van der Waals surface area (Å²) in [6, 6.07) is 7.95. The number of hydrogen-bond donors (Lipinski definition) is 2. The molecule has 0 amide bonds. The Morgan fingerprint density at radius 2 is 2.33 bits per heavy atom. The number of rotatable bonds is 5. The first-order chi connectivity index (χ1) is 8.66. The zero-order valence-electron chi connectivity index (χ0n) is 10.3. The van der Waals surface area contributed by atoms with Gasteiger partial charge in [0.1, 0.15) is 4.99 Å². The van der Waals surface area contributed by atoms with Gasteiger partial charge < -0.3 is 11.1 Å². The highest BCUT2D eigenvalue weighted by Crippen LogP contribution is 2.17. The van der Waals surface area contributed by atoms with Crippen LogP contribution in [0.15, 0.2) is 36.7 Å². The van der Waals surface area contributed by atoms with E-state index in [0.29, 0.717) is 4.99 Å². The fourth-order valence-corrected chi connectivity index (χ4v) is 1.92. The maximum atomic E-state index is 5.72. The average Bonchev–Trinajstić information content (AvgIpc) is 2.84. The third kappa shape index (κ3) is 3.07. The Morgan fingerprint density at radius 3 is 3.00 bits per heavy atom. The second-order valence-electron chi connectivity index (χ2n) is 4.11. The van der Waals surface area contributed by atoms with Crippen molar-refractivity contribution < 1.29 is 0 Å². The van der Waals surface area contributed by atoms with Gasteiger partial charge in [0.05, 0.1) is 6.54 Å². The summed E-state index contributed by atoms with van der Waals surface area (Å²) in [5.41, 5.74) is 8.74. The molecule has 1 aromatic carbocycles. The monoisotopic (exact) mass is 260 g/mol. The van der Waals surface area contributed by atoms with Crippen molar-refractivity contribution in [2.24, 2.45) is 5.73 Å². The lowest BCUT2D eigenvalue weighted by Crippen LogP contribution is -2.16. The van der Waals surface area contributed by atoms with Gasteiger partial charge in [-0.15, -0.1) is 0 Å².